The Labute approximate surface area is 185 Å². The van der Waals surface area contributed by atoms with Crippen LogP contribution in [0.5, 0.6) is 5.75 Å². The van der Waals surface area contributed by atoms with Crippen LogP contribution in [0.2, 0.25) is 5.02 Å². The molecule has 0 bridgehead atoms. The number of nitrogens with zero attached hydrogens (tertiary/aromatic N) is 3. The van der Waals surface area contributed by atoms with Gasteiger partial charge in [0.2, 0.25) is 0 Å². The lowest BCUT2D eigenvalue weighted by Crippen LogP contribution is -2.23. The Hall–Kier alpha value is -3.45. The van der Waals surface area contributed by atoms with Crippen LogP contribution in [-0.2, 0) is 9.53 Å². The zero-order chi connectivity index (χ0) is 21.6. The zero-order valence-electron chi connectivity index (χ0n) is 16.9. The molecular formula is C23H21ClN4O3. The van der Waals surface area contributed by atoms with Crippen molar-refractivity contribution in [3.8, 4) is 5.75 Å². The van der Waals surface area contributed by atoms with Gasteiger partial charge >= 0.3 is 0 Å². The summed E-state index contributed by atoms with van der Waals surface area (Å²) in [5, 5.41) is 13.2. The van der Waals surface area contributed by atoms with Gasteiger partial charge in [0.1, 0.15) is 5.75 Å². The molecule has 0 saturated carbocycles. The van der Waals surface area contributed by atoms with Crippen molar-refractivity contribution in [2.75, 3.05) is 13.7 Å². The van der Waals surface area contributed by atoms with Gasteiger partial charge in [-0.3, -0.25) is 4.79 Å². The first-order chi connectivity index (χ1) is 15.1. The van der Waals surface area contributed by atoms with E-state index >= 15 is 0 Å². The molecule has 4 rings (SSSR count). The van der Waals surface area contributed by atoms with Crippen molar-refractivity contribution in [2.24, 2.45) is 21.2 Å². The molecule has 1 N–H and O–H groups in total. The molecule has 8 heteroatoms. The summed E-state index contributed by atoms with van der Waals surface area (Å²) in [5.41, 5.74) is 6.07. The molecule has 0 fully saturated rings. The Balaban J connectivity index is 1.28. The van der Waals surface area contributed by atoms with Crippen LogP contribution in [0.1, 0.15) is 24.0 Å². The summed E-state index contributed by atoms with van der Waals surface area (Å²) < 4.78 is 10.9. The molecule has 0 radical (unpaired) electrons. The number of amides is 1. The molecule has 1 aliphatic heterocycles. The van der Waals surface area contributed by atoms with E-state index in [0.29, 0.717) is 11.4 Å². The highest BCUT2D eigenvalue weighted by Gasteiger charge is 2.29. The van der Waals surface area contributed by atoms with E-state index in [9.17, 15) is 4.79 Å². The molecular weight excluding hydrogens is 416 g/mol. The molecule has 31 heavy (non-hydrogen) atoms. The Bertz CT molecular complexity index is 1090. The molecule has 1 unspecified atom stereocenters. The quantitative estimate of drug-likeness (QED) is 0.526. The Morgan fingerprint density at radius 1 is 1.23 bits per heavy atom. The van der Waals surface area contributed by atoms with Crippen molar-refractivity contribution in [3.63, 3.8) is 0 Å². The van der Waals surface area contributed by atoms with Gasteiger partial charge in [-0.2, -0.15) is 15.3 Å². The molecule has 0 saturated heterocycles. The molecule has 1 heterocycles. The van der Waals surface area contributed by atoms with Gasteiger partial charge in [0, 0.05) is 23.8 Å². The number of hydrazone groups is 1. The maximum absolute atomic E-state index is 12.0. The number of allylic oxidation sites excluding steroid dienone is 2. The van der Waals surface area contributed by atoms with E-state index in [-0.39, 0.29) is 18.4 Å². The minimum atomic E-state index is -0.342. The third-order valence-electron chi connectivity index (χ3n) is 4.96. The lowest BCUT2D eigenvalue weighted by atomic mass is 9.93. The molecule has 2 aromatic carbocycles. The summed E-state index contributed by atoms with van der Waals surface area (Å²) in [4.78, 5) is 12.0. The van der Waals surface area contributed by atoms with Crippen LogP contribution < -0.4 is 10.2 Å². The highest BCUT2D eigenvalue weighted by Crippen LogP contribution is 2.31. The van der Waals surface area contributed by atoms with E-state index in [0.717, 1.165) is 40.5 Å². The SMILES string of the molecule is COc1ccc(C2=NN=C3C=C(OCC(=O)N/N=C/c4cccc(Cl)c4)CC3C2)cc1. The molecule has 1 amide bonds. The Kier molecular flexibility index (Phi) is 6.43. The van der Waals surface area contributed by atoms with Crippen molar-refractivity contribution in [3.05, 3.63) is 76.5 Å². The van der Waals surface area contributed by atoms with E-state index in [1.54, 1.807) is 19.2 Å². The van der Waals surface area contributed by atoms with Crippen molar-refractivity contribution < 1.29 is 14.3 Å². The van der Waals surface area contributed by atoms with E-state index in [4.69, 9.17) is 21.1 Å². The molecule has 0 spiro atoms. The molecule has 0 aromatic heterocycles. The topological polar surface area (TPSA) is 84.6 Å². The van der Waals surface area contributed by atoms with Crippen LogP contribution >= 0.6 is 11.6 Å². The molecule has 1 aliphatic carbocycles. The first-order valence-corrected chi connectivity index (χ1v) is 10.2. The number of methoxy groups -OCH3 is 1. The van der Waals surface area contributed by atoms with Gasteiger partial charge in [0.05, 0.1) is 30.5 Å². The molecule has 1 atom stereocenters. The highest BCUT2D eigenvalue weighted by molar-refractivity contribution is 6.30. The van der Waals surface area contributed by atoms with E-state index < -0.39 is 0 Å². The first-order valence-electron chi connectivity index (χ1n) is 9.80. The summed E-state index contributed by atoms with van der Waals surface area (Å²) in [5.74, 6) is 1.39. The normalized spacial score (nSPS) is 17.5. The second-order valence-corrected chi connectivity index (χ2v) is 7.59. The van der Waals surface area contributed by atoms with Gasteiger partial charge in [-0.05, 0) is 53.6 Å². The van der Waals surface area contributed by atoms with Crippen molar-refractivity contribution in [1.29, 1.82) is 0 Å². The van der Waals surface area contributed by atoms with Crippen LogP contribution in [0.4, 0.5) is 0 Å². The van der Waals surface area contributed by atoms with Gasteiger partial charge in [-0.25, -0.2) is 5.43 Å². The number of hydrogen-bond donors (Lipinski definition) is 1. The van der Waals surface area contributed by atoms with Gasteiger partial charge in [0.25, 0.3) is 5.91 Å². The average Bonchev–Trinajstić information content (AvgIpc) is 3.20. The average molecular weight is 437 g/mol. The number of fused-ring (bicyclic) bond motifs is 1. The number of benzene rings is 2. The maximum Gasteiger partial charge on any atom is 0.277 e. The number of carbonyl (C=O) groups excluding carboxylic acids is 1. The fourth-order valence-electron chi connectivity index (χ4n) is 3.38. The molecule has 158 valence electrons. The van der Waals surface area contributed by atoms with Crippen LogP contribution in [0.15, 0.2) is 75.7 Å². The number of nitrogens with one attached hydrogen (secondary N) is 1. The monoisotopic (exact) mass is 436 g/mol. The van der Waals surface area contributed by atoms with E-state index in [1.165, 1.54) is 6.21 Å². The Morgan fingerprint density at radius 3 is 2.84 bits per heavy atom. The highest BCUT2D eigenvalue weighted by atomic mass is 35.5. The van der Waals surface area contributed by atoms with Gasteiger partial charge in [-0.15, -0.1) is 0 Å². The zero-order valence-corrected chi connectivity index (χ0v) is 17.7. The minimum Gasteiger partial charge on any atom is -0.497 e. The predicted octanol–water partition coefficient (Wildman–Crippen LogP) is 3.97. The largest absolute Gasteiger partial charge is 0.497 e. The fourth-order valence-corrected chi connectivity index (χ4v) is 3.58. The molecule has 7 nitrogen and oxygen atoms in total. The second-order valence-electron chi connectivity index (χ2n) is 7.15. The van der Waals surface area contributed by atoms with E-state index in [2.05, 4.69) is 20.7 Å². The maximum atomic E-state index is 12.0. The van der Waals surface area contributed by atoms with Crippen LogP contribution in [0, 0.1) is 5.92 Å². The molecule has 2 aliphatic rings. The third-order valence-corrected chi connectivity index (χ3v) is 5.20. The first kappa shape index (κ1) is 20.8. The molecule has 2 aromatic rings. The van der Waals surface area contributed by atoms with E-state index in [1.807, 2.05) is 42.5 Å². The summed E-state index contributed by atoms with van der Waals surface area (Å²) in [6, 6.07) is 14.9. The lowest BCUT2D eigenvalue weighted by molar-refractivity contribution is -0.124. The second kappa shape index (κ2) is 9.57. The van der Waals surface area contributed by atoms with Crippen molar-refractivity contribution in [1.82, 2.24) is 5.43 Å². The minimum absolute atomic E-state index is 0.120. The van der Waals surface area contributed by atoms with Crippen molar-refractivity contribution >= 4 is 35.1 Å². The summed E-state index contributed by atoms with van der Waals surface area (Å²) in [7, 11) is 1.64. The smallest absolute Gasteiger partial charge is 0.277 e. The van der Waals surface area contributed by atoms with Crippen LogP contribution in [0.3, 0.4) is 0 Å². The summed E-state index contributed by atoms with van der Waals surface area (Å²) in [6.45, 7) is -0.120. The number of ether oxygens (including phenoxy) is 2. The van der Waals surface area contributed by atoms with Crippen molar-refractivity contribution in [2.45, 2.75) is 12.8 Å². The summed E-state index contributed by atoms with van der Waals surface area (Å²) >= 11 is 5.92. The number of rotatable bonds is 7. The fraction of sp³-hybridized carbons (Fsp3) is 0.217. The number of carbonyl (C=O) groups is 1. The van der Waals surface area contributed by atoms with Gasteiger partial charge in [-0.1, -0.05) is 23.7 Å². The Morgan fingerprint density at radius 2 is 2.06 bits per heavy atom. The predicted molar refractivity (Wildman–Crippen MR) is 121 cm³/mol. The van der Waals surface area contributed by atoms with Crippen LogP contribution in [0.25, 0.3) is 0 Å². The third kappa shape index (κ3) is 5.38. The number of halogens is 1. The van der Waals surface area contributed by atoms with Gasteiger partial charge in [0.15, 0.2) is 6.61 Å². The standard InChI is InChI=1S/C23H21ClN4O3/c1-30-19-7-5-16(6-8-19)21-11-17-10-20(12-22(17)27-26-21)31-14-23(29)28-25-13-15-3-2-4-18(24)9-15/h2-9,12-13,17H,10-11,14H2,1H3,(H,28,29)/b25-13+. The van der Waals surface area contributed by atoms with Crippen LogP contribution in [-0.4, -0.2) is 37.3 Å². The number of hydrogen-bond acceptors (Lipinski definition) is 6. The van der Waals surface area contributed by atoms with Gasteiger partial charge < -0.3 is 9.47 Å². The summed E-state index contributed by atoms with van der Waals surface area (Å²) in [6.07, 6.45) is 4.85. The lowest BCUT2D eigenvalue weighted by Gasteiger charge is -2.16.